The first-order valence-corrected chi connectivity index (χ1v) is 7.42. The van der Waals surface area contributed by atoms with Gasteiger partial charge in [-0.25, -0.2) is 4.79 Å². The Balaban J connectivity index is 1.74. The first-order chi connectivity index (χ1) is 9.71. The minimum Gasteiger partial charge on any atom is -0.396 e. The van der Waals surface area contributed by atoms with E-state index in [4.69, 9.17) is 5.11 Å². The zero-order valence-electron chi connectivity index (χ0n) is 12.0. The number of hydrogen-bond donors (Lipinski definition) is 3. The minimum atomic E-state index is -0.173. The Morgan fingerprint density at radius 3 is 2.85 bits per heavy atom. The number of urea groups is 1. The van der Waals surface area contributed by atoms with Crippen LogP contribution >= 0.6 is 0 Å². The van der Waals surface area contributed by atoms with E-state index in [9.17, 15) is 4.79 Å². The summed E-state index contributed by atoms with van der Waals surface area (Å²) in [6.07, 6.45) is 8.36. The molecule has 0 aliphatic heterocycles. The SMILES string of the molecule is CCCn1cc(NC(=O)NC2CCC(CO)CC2)cn1. The standard InChI is InChI=1S/C14H24N4O2/c1-2-7-18-9-13(8-15-18)17-14(20)16-12-5-3-11(10-19)4-6-12/h8-9,11-12,19H,2-7,10H2,1H3,(H2,16,17,20). The van der Waals surface area contributed by atoms with Crippen molar-refractivity contribution in [2.24, 2.45) is 5.92 Å². The number of aliphatic hydroxyl groups is 1. The molecule has 0 spiro atoms. The molecule has 6 heteroatoms. The Kier molecular flexibility index (Phi) is 5.40. The summed E-state index contributed by atoms with van der Waals surface area (Å²) in [7, 11) is 0. The number of anilines is 1. The summed E-state index contributed by atoms with van der Waals surface area (Å²) < 4.78 is 1.82. The molecule has 0 saturated heterocycles. The number of nitrogens with zero attached hydrogens (tertiary/aromatic N) is 2. The average Bonchev–Trinajstić information content (AvgIpc) is 2.87. The Bertz CT molecular complexity index is 425. The second-order valence-corrected chi connectivity index (χ2v) is 5.49. The monoisotopic (exact) mass is 280 g/mol. The highest BCUT2D eigenvalue weighted by molar-refractivity contribution is 5.89. The zero-order valence-corrected chi connectivity index (χ0v) is 12.0. The number of aromatic nitrogens is 2. The van der Waals surface area contributed by atoms with Crippen LogP contribution in [0.5, 0.6) is 0 Å². The Morgan fingerprint density at radius 2 is 2.20 bits per heavy atom. The Labute approximate surface area is 119 Å². The van der Waals surface area contributed by atoms with Crippen LogP contribution in [-0.4, -0.2) is 33.6 Å². The van der Waals surface area contributed by atoms with Crippen LogP contribution in [0.1, 0.15) is 39.0 Å². The van der Waals surface area contributed by atoms with E-state index in [-0.39, 0.29) is 18.7 Å². The number of hydrogen-bond acceptors (Lipinski definition) is 3. The summed E-state index contributed by atoms with van der Waals surface area (Å²) >= 11 is 0. The van der Waals surface area contributed by atoms with Gasteiger partial charge in [0.05, 0.1) is 11.9 Å². The quantitative estimate of drug-likeness (QED) is 0.771. The lowest BCUT2D eigenvalue weighted by Crippen LogP contribution is -2.40. The smallest absolute Gasteiger partial charge is 0.319 e. The predicted molar refractivity (Wildman–Crippen MR) is 77.5 cm³/mol. The normalized spacial score (nSPS) is 22.5. The van der Waals surface area contributed by atoms with Crippen molar-refractivity contribution in [3.8, 4) is 0 Å². The van der Waals surface area contributed by atoms with Gasteiger partial charge in [-0.2, -0.15) is 5.10 Å². The summed E-state index contributed by atoms with van der Waals surface area (Å²) in [5.41, 5.74) is 0.722. The topological polar surface area (TPSA) is 79.2 Å². The molecule has 0 radical (unpaired) electrons. The van der Waals surface area contributed by atoms with Gasteiger partial charge in [-0.05, 0) is 38.0 Å². The Morgan fingerprint density at radius 1 is 1.45 bits per heavy atom. The van der Waals surface area contributed by atoms with Crippen LogP contribution in [-0.2, 0) is 6.54 Å². The van der Waals surface area contributed by atoms with E-state index >= 15 is 0 Å². The molecule has 20 heavy (non-hydrogen) atoms. The number of carbonyl (C=O) groups is 1. The maximum absolute atomic E-state index is 11.9. The lowest BCUT2D eigenvalue weighted by Gasteiger charge is -2.27. The minimum absolute atomic E-state index is 0.173. The van der Waals surface area contributed by atoms with Crippen LogP contribution in [0.15, 0.2) is 12.4 Å². The average molecular weight is 280 g/mol. The molecule has 6 nitrogen and oxygen atoms in total. The summed E-state index contributed by atoms with van der Waals surface area (Å²) in [6.45, 7) is 3.20. The third-order valence-corrected chi connectivity index (χ3v) is 3.78. The van der Waals surface area contributed by atoms with Crippen molar-refractivity contribution in [1.29, 1.82) is 0 Å². The van der Waals surface area contributed by atoms with Gasteiger partial charge in [0.1, 0.15) is 0 Å². The zero-order chi connectivity index (χ0) is 14.4. The number of amides is 2. The third-order valence-electron chi connectivity index (χ3n) is 3.78. The molecule has 1 fully saturated rings. The summed E-state index contributed by atoms with van der Waals surface area (Å²) in [6, 6.07) is 0.0389. The first kappa shape index (κ1) is 14.8. The lowest BCUT2D eigenvalue weighted by molar-refractivity contribution is 0.176. The number of aryl methyl sites for hydroxylation is 1. The molecule has 0 unspecified atom stereocenters. The summed E-state index contributed by atoms with van der Waals surface area (Å²) in [5, 5.41) is 19.1. The molecule has 0 atom stereocenters. The van der Waals surface area contributed by atoms with Crippen LogP contribution in [0.25, 0.3) is 0 Å². The number of rotatable bonds is 5. The van der Waals surface area contributed by atoms with E-state index in [1.807, 2.05) is 10.9 Å². The molecule has 0 bridgehead atoms. The second kappa shape index (κ2) is 7.28. The van der Waals surface area contributed by atoms with E-state index < -0.39 is 0 Å². The van der Waals surface area contributed by atoms with Crippen molar-refractivity contribution in [1.82, 2.24) is 15.1 Å². The predicted octanol–water partition coefficient (Wildman–Crippen LogP) is 1.97. The van der Waals surface area contributed by atoms with Crippen molar-refractivity contribution in [3.05, 3.63) is 12.4 Å². The van der Waals surface area contributed by atoms with Crippen LogP contribution < -0.4 is 10.6 Å². The van der Waals surface area contributed by atoms with Crippen LogP contribution in [0.4, 0.5) is 10.5 Å². The first-order valence-electron chi connectivity index (χ1n) is 7.42. The highest BCUT2D eigenvalue weighted by Crippen LogP contribution is 2.23. The van der Waals surface area contributed by atoms with Gasteiger partial charge in [-0.3, -0.25) is 4.68 Å². The molecule has 1 aromatic rings. The van der Waals surface area contributed by atoms with E-state index in [1.54, 1.807) is 6.20 Å². The number of carbonyl (C=O) groups excluding carboxylic acids is 1. The molecule has 2 rings (SSSR count). The van der Waals surface area contributed by atoms with Crippen molar-refractivity contribution in [2.75, 3.05) is 11.9 Å². The van der Waals surface area contributed by atoms with E-state index in [1.165, 1.54) is 0 Å². The van der Waals surface area contributed by atoms with E-state index in [0.29, 0.717) is 5.92 Å². The highest BCUT2D eigenvalue weighted by Gasteiger charge is 2.21. The van der Waals surface area contributed by atoms with Crippen LogP contribution in [0.3, 0.4) is 0 Å². The Hall–Kier alpha value is -1.56. The van der Waals surface area contributed by atoms with Crippen LogP contribution in [0, 0.1) is 5.92 Å². The van der Waals surface area contributed by atoms with Gasteiger partial charge in [0.25, 0.3) is 0 Å². The third kappa shape index (κ3) is 4.23. The summed E-state index contributed by atoms with van der Waals surface area (Å²) in [5.74, 6) is 0.406. The molecule has 1 saturated carbocycles. The summed E-state index contributed by atoms with van der Waals surface area (Å²) in [4.78, 5) is 11.9. The van der Waals surface area contributed by atoms with Crippen LogP contribution in [0.2, 0.25) is 0 Å². The van der Waals surface area contributed by atoms with Gasteiger partial charge in [-0.15, -0.1) is 0 Å². The fourth-order valence-corrected chi connectivity index (χ4v) is 2.62. The van der Waals surface area contributed by atoms with Gasteiger partial charge in [0.15, 0.2) is 0 Å². The van der Waals surface area contributed by atoms with Crippen molar-refractivity contribution in [3.63, 3.8) is 0 Å². The largest absolute Gasteiger partial charge is 0.396 e. The highest BCUT2D eigenvalue weighted by atomic mass is 16.3. The van der Waals surface area contributed by atoms with Gasteiger partial charge in [0.2, 0.25) is 0 Å². The molecule has 1 aromatic heterocycles. The molecular formula is C14H24N4O2. The number of aliphatic hydroxyl groups excluding tert-OH is 1. The maximum Gasteiger partial charge on any atom is 0.319 e. The molecule has 3 N–H and O–H groups in total. The fraction of sp³-hybridized carbons (Fsp3) is 0.714. The molecule has 2 amide bonds. The van der Waals surface area contributed by atoms with Crippen molar-refractivity contribution in [2.45, 2.75) is 51.6 Å². The molecule has 1 heterocycles. The fourth-order valence-electron chi connectivity index (χ4n) is 2.62. The second-order valence-electron chi connectivity index (χ2n) is 5.49. The lowest BCUT2D eigenvalue weighted by atomic mass is 9.87. The van der Waals surface area contributed by atoms with Crippen molar-refractivity contribution >= 4 is 11.7 Å². The van der Waals surface area contributed by atoms with Gasteiger partial charge in [0, 0.05) is 25.4 Å². The molecule has 1 aliphatic carbocycles. The maximum atomic E-state index is 11.9. The molecule has 1 aliphatic rings. The number of nitrogens with one attached hydrogen (secondary N) is 2. The molecule has 112 valence electrons. The van der Waals surface area contributed by atoms with Gasteiger partial charge in [-0.1, -0.05) is 6.92 Å². The van der Waals surface area contributed by atoms with Crippen molar-refractivity contribution < 1.29 is 9.90 Å². The van der Waals surface area contributed by atoms with E-state index in [0.717, 1.165) is 44.3 Å². The van der Waals surface area contributed by atoms with Gasteiger partial charge < -0.3 is 15.7 Å². The molecular weight excluding hydrogens is 256 g/mol. The van der Waals surface area contributed by atoms with Gasteiger partial charge >= 0.3 is 6.03 Å². The van der Waals surface area contributed by atoms with E-state index in [2.05, 4.69) is 22.7 Å². The molecule has 0 aromatic carbocycles.